The number of carbonyl (C=O) groups is 1. The Morgan fingerprint density at radius 2 is 1.93 bits per heavy atom. The van der Waals surface area contributed by atoms with Gasteiger partial charge in [0.05, 0.1) is 0 Å². The van der Waals surface area contributed by atoms with E-state index >= 15 is 0 Å². The minimum Gasteiger partial charge on any atom is -0.486 e. The van der Waals surface area contributed by atoms with Gasteiger partial charge in [0.2, 0.25) is 0 Å². The first kappa shape index (κ1) is 17.0. The first-order chi connectivity index (χ1) is 13.2. The van der Waals surface area contributed by atoms with Crippen molar-refractivity contribution < 1.29 is 14.3 Å². The standard InChI is InChI=1S/C20H23N3O3S/c1-23(15-9-13-3-4-14(10-15)21-13)20(24)16-11-27-19(22-16)12-2-5-17-18(8-12)26-7-6-25-17/h2,5,8,11,13-15,21H,3-4,6-7,9-10H2,1H3. The van der Waals surface area contributed by atoms with Gasteiger partial charge in [0, 0.05) is 36.1 Å². The summed E-state index contributed by atoms with van der Waals surface area (Å²) in [6.07, 6.45) is 4.54. The number of rotatable bonds is 3. The van der Waals surface area contributed by atoms with Gasteiger partial charge in [-0.2, -0.15) is 0 Å². The summed E-state index contributed by atoms with van der Waals surface area (Å²) in [4.78, 5) is 19.5. The van der Waals surface area contributed by atoms with Crippen LogP contribution in [0.2, 0.25) is 0 Å². The maximum Gasteiger partial charge on any atom is 0.273 e. The second kappa shape index (κ2) is 6.80. The first-order valence-electron chi connectivity index (χ1n) is 9.56. The Labute approximate surface area is 162 Å². The molecule has 2 bridgehead atoms. The number of fused-ring (bicyclic) bond motifs is 3. The summed E-state index contributed by atoms with van der Waals surface area (Å²) in [5.41, 5.74) is 1.48. The fraction of sp³-hybridized carbons (Fsp3) is 0.500. The number of hydrogen-bond donors (Lipinski definition) is 1. The largest absolute Gasteiger partial charge is 0.486 e. The van der Waals surface area contributed by atoms with Crippen LogP contribution in [0.4, 0.5) is 0 Å². The van der Waals surface area contributed by atoms with E-state index in [0.29, 0.717) is 37.0 Å². The molecule has 1 aromatic heterocycles. The van der Waals surface area contributed by atoms with E-state index < -0.39 is 0 Å². The molecule has 0 radical (unpaired) electrons. The lowest BCUT2D eigenvalue weighted by molar-refractivity contribution is 0.0676. The summed E-state index contributed by atoms with van der Waals surface area (Å²) in [5.74, 6) is 1.52. The van der Waals surface area contributed by atoms with E-state index in [4.69, 9.17) is 9.47 Å². The van der Waals surface area contributed by atoms with Crippen molar-refractivity contribution in [1.29, 1.82) is 0 Å². The lowest BCUT2D eigenvalue weighted by atomic mass is 9.98. The Morgan fingerprint density at radius 3 is 2.70 bits per heavy atom. The minimum absolute atomic E-state index is 0.0151. The number of amides is 1. The zero-order valence-electron chi connectivity index (χ0n) is 15.3. The van der Waals surface area contributed by atoms with Crippen molar-refractivity contribution >= 4 is 17.2 Å². The number of nitrogens with zero attached hydrogens (tertiary/aromatic N) is 2. The zero-order chi connectivity index (χ0) is 18.4. The average Bonchev–Trinajstić information content (AvgIpc) is 3.33. The molecule has 2 aromatic rings. The Morgan fingerprint density at radius 1 is 1.19 bits per heavy atom. The molecule has 2 atom stereocenters. The van der Waals surface area contributed by atoms with Crippen molar-refractivity contribution in [2.24, 2.45) is 0 Å². The second-order valence-corrected chi connectivity index (χ2v) is 8.43. The van der Waals surface area contributed by atoms with Gasteiger partial charge in [0.25, 0.3) is 5.91 Å². The van der Waals surface area contributed by atoms with Crippen molar-refractivity contribution in [1.82, 2.24) is 15.2 Å². The molecule has 0 aliphatic carbocycles. The molecule has 142 valence electrons. The molecule has 4 heterocycles. The normalized spacial score (nSPS) is 26.0. The SMILES string of the molecule is CN(C(=O)c1csc(-c2ccc3c(c2)OCCO3)n1)C1CC2CCC(C1)N2. The van der Waals surface area contributed by atoms with Gasteiger partial charge < -0.3 is 19.7 Å². The molecule has 0 spiro atoms. The topological polar surface area (TPSA) is 63.7 Å². The van der Waals surface area contributed by atoms with E-state index in [1.54, 1.807) is 0 Å². The molecule has 2 saturated heterocycles. The van der Waals surface area contributed by atoms with Crippen molar-refractivity contribution in [3.63, 3.8) is 0 Å². The van der Waals surface area contributed by atoms with Crippen molar-refractivity contribution in [2.45, 2.75) is 43.8 Å². The van der Waals surface area contributed by atoms with Gasteiger partial charge in [-0.1, -0.05) is 0 Å². The molecule has 0 saturated carbocycles. The van der Waals surface area contributed by atoms with E-state index in [1.807, 2.05) is 35.5 Å². The molecule has 6 nitrogen and oxygen atoms in total. The Bertz CT molecular complexity index is 856. The molecule has 2 unspecified atom stereocenters. The fourth-order valence-corrected chi connectivity index (χ4v) is 5.16. The number of piperidine rings is 1. The molecule has 3 aliphatic heterocycles. The predicted molar refractivity (Wildman–Crippen MR) is 104 cm³/mol. The smallest absolute Gasteiger partial charge is 0.273 e. The zero-order valence-corrected chi connectivity index (χ0v) is 16.1. The number of aromatic nitrogens is 1. The van der Waals surface area contributed by atoms with Gasteiger partial charge in [-0.3, -0.25) is 4.79 Å². The number of carbonyl (C=O) groups excluding carboxylic acids is 1. The quantitative estimate of drug-likeness (QED) is 0.880. The predicted octanol–water partition coefficient (Wildman–Crippen LogP) is 2.94. The number of benzene rings is 1. The third-order valence-corrected chi connectivity index (χ3v) is 6.72. The van der Waals surface area contributed by atoms with Crippen LogP contribution in [0.15, 0.2) is 23.6 Å². The van der Waals surface area contributed by atoms with E-state index in [9.17, 15) is 4.79 Å². The van der Waals surface area contributed by atoms with Gasteiger partial charge in [0.1, 0.15) is 23.9 Å². The molecule has 5 rings (SSSR count). The highest BCUT2D eigenvalue weighted by atomic mass is 32.1. The van der Waals surface area contributed by atoms with Crippen molar-refractivity contribution in [3.05, 3.63) is 29.3 Å². The number of hydrogen-bond acceptors (Lipinski definition) is 6. The maximum absolute atomic E-state index is 13.0. The summed E-state index contributed by atoms with van der Waals surface area (Å²) in [5, 5.41) is 6.32. The van der Waals surface area contributed by atoms with E-state index in [0.717, 1.165) is 34.9 Å². The Kier molecular flexibility index (Phi) is 4.28. The van der Waals surface area contributed by atoms with Crippen LogP contribution in [-0.2, 0) is 0 Å². The van der Waals surface area contributed by atoms with Crippen LogP contribution in [-0.4, -0.2) is 54.2 Å². The summed E-state index contributed by atoms with van der Waals surface area (Å²) >= 11 is 1.49. The van der Waals surface area contributed by atoms with Gasteiger partial charge in [0.15, 0.2) is 11.5 Å². The maximum atomic E-state index is 13.0. The van der Waals surface area contributed by atoms with Gasteiger partial charge in [-0.05, 0) is 43.9 Å². The first-order valence-corrected chi connectivity index (χ1v) is 10.4. The van der Waals surface area contributed by atoms with Gasteiger partial charge in [-0.15, -0.1) is 11.3 Å². The lowest BCUT2D eigenvalue weighted by Gasteiger charge is -2.35. The monoisotopic (exact) mass is 385 g/mol. The van der Waals surface area contributed by atoms with Crippen LogP contribution in [0, 0.1) is 0 Å². The second-order valence-electron chi connectivity index (χ2n) is 7.58. The molecular formula is C20H23N3O3S. The molecule has 2 fully saturated rings. The molecule has 1 N–H and O–H groups in total. The van der Waals surface area contributed by atoms with Gasteiger partial charge in [-0.25, -0.2) is 4.98 Å². The van der Waals surface area contributed by atoms with E-state index in [2.05, 4.69) is 10.3 Å². The lowest BCUT2D eigenvalue weighted by Crippen LogP contribution is -2.48. The Balaban J connectivity index is 1.33. The third kappa shape index (κ3) is 3.19. The number of thiazole rings is 1. The molecule has 1 amide bonds. The fourth-order valence-electron chi connectivity index (χ4n) is 4.37. The highest BCUT2D eigenvalue weighted by Gasteiger charge is 2.36. The summed E-state index contributed by atoms with van der Waals surface area (Å²) in [6, 6.07) is 7.24. The Hall–Kier alpha value is -2.12. The van der Waals surface area contributed by atoms with Crippen LogP contribution in [0.3, 0.4) is 0 Å². The molecule has 7 heteroatoms. The molecular weight excluding hydrogens is 362 g/mol. The molecule has 3 aliphatic rings. The van der Waals surface area contributed by atoms with Crippen LogP contribution in [0.25, 0.3) is 10.6 Å². The highest BCUT2D eigenvalue weighted by Crippen LogP contribution is 2.36. The number of nitrogens with one attached hydrogen (secondary N) is 1. The van der Waals surface area contributed by atoms with Crippen LogP contribution in [0.1, 0.15) is 36.2 Å². The van der Waals surface area contributed by atoms with Crippen LogP contribution in [0.5, 0.6) is 11.5 Å². The van der Waals surface area contributed by atoms with Gasteiger partial charge >= 0.3 is 0 Å². The average molecular weight is 385 g/mol. The van der Waals surface area contributed by atoms with E-state index in [1.165, 1.54) is 24.2 Å². The van der Waals surface area contributed by atoms with Crippen molar-refractivity contribution in [3.8, 4) is 22.1 Å². The highest BCUT2D eigenvalue weighted by molar-refractivity contribution is 7.13. The summed E-state index contributed by atoms with van der Waals surface area (Å²) < 4.78 is 11.2. The number of ether oxygens (including phenoxy) is 2. The molecule has 1 aromatic carbocycles. The minimum atomic E-state index is 0.0151. The van der Waals surface area contributed by atoms with Crippen molar-refractivity contribution in [2.75, 3.05) is 20.3 Å². The summed E-state index contributed by atoms with van der Waals surface area (Å²) in [7, 11) is 1.92. The molecule has 27 heavy (non-hydrogen) atoms. The van der Waals surface area contributed by atoms with E-state index in [-0.39, 0.29) is 5.91 Å². The third-order valence-electron chi connectivity index (χ3n) is 5.83. The van der Waals surface area contributed by atoms with Crippen LogP contribution >= 0.6 is 11.3 Å². The summed E-state index contributed by atoms with van der Waals surface area (Å²) in [6.45, 7) is 1.13. The van der Waals surface area contributed by atoms with Crippen LogP contribution < -0.4 is 14.8 Å².